The minimum atomic E-state index is 0.110. The fourth-order valence-corrected chi connectivity index (χ4v) is 4.79. The summed E-state index contributed by atoms with van der Waals surface area (Å²) in [7, 11) is 0. The summed E-state index contributed by atoms with van der Waals surface area (Å²) in [5.41, 5.74) is 2.70. The summed E-state index contributed by atoms with van der Waals surface area (Å²) in [6, 6.07) is 9.05. The molecule has 0 saturated carbocycles. The van der Waals surface area contributed by atoms with Crippen LogP contribution in [0.15, 0.2) is 24.3 Å². The molecule has 1 aliphatic carbocycles. The van der Waals surface area contributed by atoms with Gasteiger partial charge in [0.2, 0.25) is 5.91 Å². The van der Waals surface area contributed by atoms with Gasteiger partial charge in [0.15, 0.2) is 0 Å². The highest BCUT2D eigenvalue weighted by atomic mass is 16.2. The number of carbonyl (C=O) groups is 1. The van der Waals surface area contributed by atoms with Crippen molar-refractivity contribution in [3.05, 3.63) is 35.4 Å². The van der Waals surface area contributed by atoms with E-state index in [1.165, 1.54) is 49.9 Å². The number of rotatable bonds is 3. The van der Waals surface area contributed by atoms with Crippen LogP contribution in [0.25, 0.3) is 0 Å². The first kappa shape index (κ1) is 15.2. The lowest BCUT2D eigenvalue weighted by molar-refractivity contribution is -0.134. The number of hydrogen-bond donors (Lipinski definition) is 0. The van der Waals surface area contributed by atoms with Crippen LogP contribution in [0.4, 0.5) is 0 Å². The molecule has 3 heteroatoms. The Hall–Kier alpha value is -1.35. The van der Waals surface area contributed by atoms with Crippen molar-refractivity contribution in [1.29, 1.82) is 0 Å². The fraction of sp³-hybridized carbons (Fsp3) is 0.650. The SMILES string of the molecule is O=C(C1CCCc2ccccc21)N1CCCC1CN1CCCC1. The number of nitrogens with zero attached hydrogens (tertiary/aromatic N) is 2. The second-order valence-corrected chi connectivity index (χ2v) is 7.48. The molecule has 0 radical (unpaired) electrons. The maximum Gasteiger partial charge on any atom is 0.230 e. The summed E-state index contributed by atoms with van der Waals surface area (Å²) < 4.78 is 0. The molecule has 1 amide bonds. The van der Waals surface area contributed by atoms with Crippen molar-refractivity contribution in [2.24, 2.45) is 0 Å². The lowest BCUT2D eigenvalue weighted by Gasteiger charge is -2.33. The third-order valence-electron chi connectivity index (χ3n) is 6.00. The number of carbonyl (C=O) groups excluding carboxylic acids is 1. The van der Waals surface area contributed by atoms with E-state index in [1.54, 1.807) is 0 Å². The molecule has 3 aliphatic rings. The molecule has 2 atom stereocenters. The van der Waals surface area contributed by atoms with Gasteiger partial charge in [-0.3, -0.25) is 4.79 Å². The van der Waals surface area contributed by atoms with Crippen molar-refractivity contribution in [3.8, 4) is 0 Å². The number of benzene rings is 1. The number of fused-ring (bicyclic) bond motifs is 1. The molecule has 0 bridgehead atoms. The number of likely N-dealkylation sites (tertiary alicyclic amines) is 2. The molecule has 0 spiro atoms. The molecule has 1 aromatic rings. The Morgan fingerprint density at radius 2 is 1.83 bits per heavy atom. The molecule has 0 N–H and O–H groups in total. The van der Waals surface area contributed by atoms with E-state index >= 15 is 0 Å². The number of aryl methyl sites for hydroxylation is 1. The molecule has 3 nitrogen and oxygen atoms in total. The summed E-state index contributed by atoms with van der Waals surface area (Å²) in [5, 5.41) is 0. The summed E-state index contributed by atoms with van der Waals surface area (Å²) in [4.78, 5) is 18.0. The Labute approximate surface area is 139 Å². The monoisotopic (exact) mass is 312 g/mol. The van der Waals surface area contributed by atoms with Gasteiger partial charge in [0.25, 0.3) is 0 Å². The normalized spacial score (nSPS) is 28.1. The molecule has 0 aromatic heterocycles. The Bertz CT molecular complexity index is 565. The summed E-state index contributed by atoms with van der Waals surface area (Å²) >= 11 is 0. The zero-order valence-corrected chi connectivity index (χ0v) is 14.0. The van der Waals surface area contributed by atoms with E-state index in [1.807, 2.05) is 0 Å². The Kier molecular flexibility index (Phi) is 4.39. The quantitative estimate of drug-likeness (QED) is 0.856. The first-order valence-corrected chi connectivity index (χ1v) is 9.43. The molecule has 1 aromatic carbocycles. The molecule has 2 unspecified atom stereocenters. The van der Waals surface area contributed by atoms with Crippen LogP contribution in [0.1, 0.15) is 55.6 Å². The lowest BCUT2D eigenvalue weighted by atomic mass is 9.82. The van der Waals surface area contributed by atoms with Gasteiger partial charge in [-0.15, -0.1) is 0 Å². The topological polar surface area (TPSA) is 23.6 Å². The average molecular weight is 312 g/mol. The number of amides is 1. The van der Waals surface area contributed by atoms with Crippen LogP contribution in [-0.2, 0) is 11.2 Å². The van der Waals surface area contributed by atoms with Crippen molar-refractivity contribution < 1.29 is 4.79 Å². The van der Waals surface area contributed by atoms with Gasteiger partial charge >= 0.3 is 0 Å². The van der Waals surface area contributed by atoms with E-state index in [9.17, 15) is 4.79 Å². The van der Waals surface area contributed by atoms with E-state index in [2.05, 4.69) is 34.1 Å². The minimum Gasteiger partial charge on any atom is -0.338 e. The van der Waals surface area contributed by atoms with Crippen molar-refractivity contribution in [2.75, 3.05) is 26.2 Å². The maximum absolute atomic E-state index is 13.3. The van der Waals surface area contributed by atoms with Crippen LogP contribution < -0.4 is 0 Å². The third-order valence-corrected chi connectivity index (χ3v) is 6.00. The molecule has 4 rings (SSSR count). The Morgan fingerprint density at radius 1 is 1.00 bits per heavy atom. The third kappa shape index (κ3) is 3.03. The van der Waals surface area contributed by atoms with Gasteiger partial charge < -0.3 is 9.80 Å². The molecule has 124 valence electrons. The zero-order valence-electron chi connectivity index (χ0n) is 14.0. The summed E-state index contributed by atoms with van der Waals surface area (Å²) in [6.45, 7) is 4.52. The van der Waals surface area contributed by atoms with E-state index in [4.69, 9.17) is 0 Å². The van der Waals surface area contributed by atoms with Crippen LogP contribution in [0.2, 0.25) is 0 Å². The van der Waals surface area contributed by atoms with E-state index in [0.29, 0.717) is 11.9 Å². The smallest absolute Gasteiger partial charge is 0.230 e. The molecular weight excluding hydrogens is 284 g/mol. The number of hydrogen-bond acceptors (Lipinski definition) is 2. The highest BCUT2D eigenvalue weighted by Gasteiger charge is 2.36. The molecule has 2 aliphatic heterocycles. The standard InChI is InChI=1S/C20H28N2O/c23-20(19-11-5-8-16-7-1-2-10-18(16)19)22-14-6-9-17(22)15-21-12-3-4-13-21/h1-2,7,10,17,19H,3-6,8-9,11-15H2. The largest absolute Gasteiger partial charge is 0.338 e. The van der Waals surface area contributed by atoms with Gasteiger partial charge in [-0.05, 0) is 69.2 Å². The first-order valence-electron chi connectivity index (χ1n) is 9.43. The molecular formula is C20H28N2O. The molecule has 2 fully saturated rings. The van der Waals surface area contributed by atoms with Crippen LogP contribution in [0.5, 0.6) is 0 Å². The average Bonchev–Trinajstić information content (AvgIpc) is 3.26. The molecule has 23 heavy (non-hydrogen) atoms. The predicted molar refractivity (Wildman–Crippen MR) is 92.5 cm³/mol. The van der Waals surface area contributed by atoms with Crippen molar-refractivity contribution in [1.82, 2.24) is 9.80 Å². The van der Waals surface area contributed by atoms with Gasteiger partial charge in [-0.25, -0.2) is 0 Å². The van der Waals surface area contributed by atoms with E-state index in [-0.39, 0.29) is 5.92 Å². The highest BCUT2D eigenvalue weighted by Crippen LogP contribution is 2.35. The van der Waals surface area contributed by atoms with Crippen LogP contribution >= 0.6 is 0 Å². The van der Waals surface area contributed by atoms with Gasteiger partial charge in [-0.1, -0.05) is 24.3 Å². The Balaban J connectivity index is 1.49. The van der Waals surface area contributed by atoms with Crippen LogP contribution in [0.3, 0.4) is 0 Å². The predicted octanol–water partition coefficient (Wildman–Crippen LogP) is 3.19. The van der Waals surface area contributed by atoms with Gasteiger partial charge in [0.1, 0.15) is 0 Å². The van der Waals surface area contributed by atoms with E-state index in [0.717, 1.165) is 32.4 Å². The van der Waals surface area contributed by atoms with E-state index < -0.39 is 0 Å². The first-order chi connectivity index (χ1) is 11.3. The summed E-state index contributed by atoms with van der Waals surface area (Å²) in [6.07, 6.45) is 8.35. The zero-order chi connectivity index (χ0) is 15.6. The molecule has 2 heterocycles. The Morgan fingerprint density at radius 3 is 2.70 bits per heavy atom. The van der Waals surface area contributed by atoms with Crippen molar-refractivity contribution >= 4 is 5.91 Å². The highest BCUT2D eigenvalue weighted by molar-refractivity contribution is 5.85. The van der Waals surface area contributed by atoms with Gasteiger partial charge in [0.05, 0.1) is 5.92 Å². The van der Waals surface area contributed by atoms with Gasteiger partial charge in [-0.2, -0.15) is 0 Å². The van der Waals surface area contributed by atoms with Crippen molar-refractivity contribution in [2.45, 2.75) is 56.9 Å². The molecule has 2 saturated heterocycles. The summed E-state index contributed by atoms with van der Waals surface area (Å²) in [5.74, 6) is 0.512. The lowest BCUT2D eigenvalue weighted by Crippen LogP contribution is -2.44. The van der Waals surface area contributed by atoms with Crippen LogP contribution in [0, 0.1) is 0 Å². The maximum atomic E-state index is 13.3. The van der Waals surface area contributed by atoms with Gasteiger partial charge in [0, 0.05) is 19.1 Å². The van der Waals surface area contributed by atoms with Crippen molar-refractivity contribution in [3.63, 3.8) is 0 Å². The second kappa shape index (κ2) is 6.64. The fourth-order valence-electron chi connectivity index (χ4n) is 4.79. The second-order valence-electron chi connectivity index (χ2n) is 7.48. The minimum absolute atomic E-state index is 0.110. The van der Waals surface area contributed by atoms with Crippen LogP contribution in [-0.4, -0.2) is 47.9 Å².